The molecule has 0 aliphatic heterocycles. The number of hydrogen-bond donors (Lipinski definition) is 1. The normalized spacial score (nSPS) is 10.2. The number of carbonyl (C=O) groups is 1. The molecule has 0 radical (unpaired) electrons. The van der Waals surface area contributed by atoms with E-state index in [9.17, 15) is 9.18 Å². The summed E-state index contributed by atoms with van der Waals surface area (Å²) < 4.78 is 18.3. The molecule has 0 saturated carbocycles. The zero-order valence-corrected chi connectivity index (χ0v) is 11.4. The first kappa shape index (κ1) is 14.1. The zero-order valence-electron chi connectivity index (χ0n) is 11.4. The molecular formula is C16H16FNO2. The Kier molecular flexibility index (Phi) is 4.35. The van der Waals surface area contributed by atoms with Gasteiger partial charge in [0.1, 0.15) is 11.6 Å². The van der Waals surface area contributed by atoms with E-state index in [2.05, 4.69) is 5.32 Å². The van der Waals surface area contributed by atoms with Crippen molar-refractivity contribution in [3.63, 3.8) is 0 Å². The second-order valence-corrected chi connectivity index (χ2v) is 4.49. The molecule has 0 amide bonds. The van der Waals surface area contributed by atoms with Gasteiger partial charge in [-0.2, -0.15) is 0 Å². The number of nitrogens with one attached hydrogen (secondary N) is 1. The van der Waals surface area contributed by atoms with Crippen molar-refractivity contribution in [3.8, 4) is 5.75 Å². The molecule has 4 heteroatoms. The predicted octanol–water partition coefficient (Wildman–Crippen LogP) is 3.44. The fourth-order valence-corrected chi connectivity index (χ4v) is 1.93. The van der Waals surface area contributed by atoms with E-state index in [0.29, 0.717) is 5.75 Å². The second-order valence-electron chi connectivity index (χ2n) is 4.49. The average Bonchev–Trinajstić information content (AvgIpc) is 2.45. The van der Waals surface area contributed by atoms with Crippen molar-refractivity contribution in [2.45, 2.75) is 6.92 Å². The molecule has 0 fully saturated rings. The summed E-state index contributed by atoms with van der Waals surface area (Å²) in [6, 6.07) is 11.6. The molecule has 2 rings (SSSR count). The number of benzene rings is 2. The maximum atomic E-state index is 13.2. The van der Waals surface area contributed by atoms with Crippen molar-refractivity contribution in [1.29, 1.82) is 0 Å². The van der Waals surface area contributed by atoms with Gasteiger partial charge in [-0.3, -0.25) is 4.79 Å². The van der Waals surface area contributed by atoms with Gasteiger partial charge >= 0.3 is 0 Å². The SMILES string of the molecule is COc1ccc(F)cc1C(=O)CNc1cccc(C)c1. The van der Waals surface area contributed by atoms with Crippen molar-refractivity contribution in [3.05, 3.63) is 59.4 Å². The largest absolute Gasteiger partial charge is 0.496 e. The number of ketones is 1. The maximum Gasteiger partial charge on any atom is 0.185 e. The molecule has 0 aromatic heterocycles. The minimum absolute atomic E-state index is 0.0866. The van der Waals surface area contributed by atoms with Crippen LogP contribution in [-0.2, 0) is 0 Å². The van der Waals surface area contributed by atoms with E-state index >= 15 is 0 Å². The number of rotatable bonds is 5. The zero-order chi connectivity index (χ0) is 14.5. The molecule has 104 valence electrons. The number of aryl methyl sites for hydroxylation is 1. The van der Waals surface area contributed by atoms with Gasteiger partial charge in [-0.05, 0) is 42.8 Å². The molecule has 3 nitrogen and oxygen atoms in total. The van der Waals surface area contributed by atoms with Crippen LogP contribution in [0.2, 0.25) is 0 Å². The van der Waals surface area contributed by atoms with Crippen molar-refractivity contribution >= 4 is 11.5 Å². The van der Waals surface area contributed by atoms with Crippen LogP contribution in [0.1, 0.15) is 15.9 Å². The van der Waals surface area contributed by atoms with Gasteiger partial charge in [0.2, 0.25) is 0 Å². The van der Waals surface area contributed by atoms with Crippen LogP contribution in [0, 0.1) is 12.7 Å². The van der Waals surface area contributed by atoms with Crippen molar-refractivity contribution in [2.24, 2.45) is 0 Å². The first-order valence-electron chi connectivity index (χ1n) is 6.27. The van der Waals surface area contributed by atoms with E-state index in [1.165, 1.54) is 25.3 Å². The van der Waals surface area contributed by atoms with Crippen molar-refractivity contribution in [1.82, 2.24) is 0 Å². The highest BCUT2D eigenvalue weighted by molar-refractivity contribution is 6.01. The minimum Gasteiger partial charge on any atom is -0.496 e. The third kappa shape index (κ3) is 3.35. The summed E-state index contributed by atoms with van der Waals surface area (Å²) in [6.07, 6.45) is 0. The third-order valence-corrected chi connectivity index (χ3v) is 2.93. The van der Waals surface area contributed by atoms with Crippen molar-refractivity contribution < 1.29 is 13.9 Å². The number of ether oxygens (including phenoxy) is 1. The molecule has 20 heavy (non-hydrogen) atoms. The summed E-state index contributed by atoms with van der Waals surface area (Å²) in [5.41, 5.74) is 2.20. The van der Waals surface area contributed by atoms with Crippen LogP contribution in [0.3, 0.4) is 0 Å². The van der Waals surface area contributed by atoms with Crippen LogP contribution < -0.4 is 10.1 Å². The topological polar surface area (TPSA) is 38.3 Å². The van der Waals surface area contributed by atoms with Gasteiger partial charge < -0.3 is 10.1 Å². The number of carbonyl (C=O) groups excluding carboxylic acids is 1. The van der Waals surface area contributed by atoms with Crippen LogP contribution >= 0.6 is 0 Å². The van der Waals surface area contributed by atoms with Gasteiger partial charge in [0.25, 0.3) is 0 Å². The van der Waals surface area contributed by atoms with E-state index in [1.807, 2.05) is 31.2 Å². The van der Waals surface area contributed by atoms with Crippen LogP contribution in [0.25, 0.3) is 0 Å². The Morgan fingerprint density at radius 3 is 2.75 bits per heavy atom. The summed E-state index contributed by atoms with van der Waals surface area (Å²) in [7, 11) is 1.46. The molecule has 0 spiro atoms. The van der Waals surface area contributed by atoms with Gasteiger partial charge in [0, 0.05) is 5.69 Å². The van der Waals surface area contributed by atoms with Crippen molar-refractivity contribution in [2.75, 3.05) is 19.0 Å². The summed E-state index contributed by atoms with van der Waals surface area (Å²) in [5.74, 6) is -0.296. The highest BCUT2D eigenvalue weighted by Gasteiger charge is 2.13. The van der Waals surface area contributed by atoms with E-state index in [-0.39, 0.29) is 17.9 Å². The highest BCUT2D eigenvalue weighted by atomic mass is 19.1. The van der Waals surface area contributed by atoms with Gasteiger partial charge in [-0.1, -0.05) is 12.1 Å². The molecule has 2 aromatic rings. The van der Waals surface area contributed by atoms with Gasteiger partial charge in [-0.15, -0.1) is 0 Å². The lowest BCUT2D eigenvalue weighted by molar-refractivity contribution is 0.100. The fourth-order valence-electron chi connectivity index (χ4n) is 1.93. The Morgan fingerprint density at radius 2 is 2.05 bits per heavy atom. The Bertz CT molecular complexity index is 626. The van der Waals surface area contributed by atoms with Crippen LogP contribution in [0.15, 0.2) is 42.5 Å². The molecule has 0 unspecified atom stereocenters. The number of anilines is 1. The van der Waals surface area contributed by atoms with Crippen LogP contribution in [0.4, 0.5) is 10.1 Å². The molecule has 0 bridgehead atoms. The number of hydrogen-bond acceptors (Lipinski definition) is 3. The number of Topliss-reactive ketones (excluding diaryl/α,β-unsaturated/α-hetero) is 1. The van der Waals surface area contributed by atoms with E-state index in [1.54, 1.807) is 0 Å². The molecule has 0 aliphatic carbocycles. The summed E-state index contributed by atoms with van der Waals surface area (Å²) >= 11 is 0. The number of methoxy groups -OCH3 is 1. The molecular weight excluding hydrogens is 257 g/mol. The Balaban J connectivity index is 2.10. The van der Waals surface area contributed by atoms with Gasteiger partial charge in [-0.25, -0.2) is 4.39 Å². The van der Waals surface area contributed by atoms with Crippen LogP contribution in [-0.4, -0.2) is 19.4 Å². The molecule has 1 N–H and O–H groups in total. The summed E-state index contributed by atoms with van der Waals surface area (Å²) in [4.78, 5) is 12.1. The lowest BCUT2D eigenvalue weighted by Gasteiger charge is -2.09. The van der Waals surface area contributed by atoms with Crippen LogP contribution in [0.5, 0.6) is 5.75 Å². The molecule has 0 atom stereocenters. The highest BCUT2D eigenvalue weighted by Crippen LogP contribution is 2.20. The Labute approximate surface area is 117 Å². The first-order valence-corrected chi connectivity index (χ1v) is 6.27. The molecule has 0 heterocycles. The lowest BCUT2D eigenvalue weighted by atomic mass is 10.1. The smallest absolute Gasteiger partial charge is 0.185 e. The lowest BCUT2D eigenvalue weighted by Crippen LogP contribution is -2.15. The van der Waals surface area contributed by atoms with Gasteiger partial charge in [0.05, 0.1) is 19.2 Å². The quantitative estimate of drug-likeness (QED) is 0.848. The standard InChI is InChI=1S/C16H16FNO2/c1-11-4-3-5-13(8-11)18-10-15(19)14-9-12(17)6-7-16(14)20-2/h3-9,18H,10H2,1-2H3. The molecule has 2 aromatic carbocycles. The monoisotopic (exact) mass is 273 g/mol. The Morgan fingerprint density at radius 1 is 1.25 bits per heavy atom. The first-order chi connectivity index (χ1) is 9.60. The fraction of sp³-hybridized carbons (Fsp3) is 0.188. The molecule has 0 saturated heterocycles. The second kappa shape index (κ2) is 6.19. The summed E-state index contributed by atoms with van der Waals surface area (Å²) in [5, 5.41) is 3.03. The average molecular weight is 273 g/mol. The third-order valence-electron chi connectivity index (χ3n) is 2.93. The predicted molar refractivity (Wildman–Crippen MR) is 77.0 cm³/mol. The summed E-state index contributed by atoms with van der Waals surface area (Å²) in [6.45, 7) is 2.06. The van der Waals surface area contributed by atoms with E-state index < -0.39 is 5.82 Å². The van der Waals surface area contributed by atoms with E-state index in [4.69, 9.17) is 4.74 Å². The molecule has 0 aliphatic rings. The maximum absolute atomic E-state index is 13.2. The minimum atomic E-state index is -0.454. The Hall–Kier alpha value is -2.36. The van der Waals surface area contributed by atoms with E-state index in [0.717, 1.165) is 11.3 Å². The number of halogens is 1. The van der Waals surface area contributed by atoms with Gasteiger partial charge in [0.15, 0.2) is 5.78 Å².